The standard InChI is InChI=1S/C11H20N6O2/c1-4-13-8(18)6-17(5-2)11-9(19-3)10(16-12)14-7-15-11/h7H,4-6,12H2,1-3H3,(H,13,18)(H,14,15,16). The molecule has 0 saturated heterocycles. The van der Waals surface area contributed by atoms with Crippen LogP contribution < -0.4 is 26.2 Å². The Balaban J connectivity index is 3.00. The number of hydrogen-bond acceptors (Lipinski definition) is 7. The number of likely N-dealkylation sites (N-methyl/N-ethyl adjacent to an activating group) is 2. The molecule has 19 heavy (non-hydrogen) atoms. The van der Waals surface area contributed by atoms with Crippen LogP contribution in [0.4, 0.5) is 11.6 Å². The lowest BCUT2D eigenvalue weighted by atomic mass is 10.4. The zero-order valence-corrected chi connectivity index (χ0v) is 11.4. The van der Waals surface area contributed by atoms with Gasteiger partial charge in [0.15, 0.2) is 11.6 Å². The normalized spacial score (nSPS) is 9.89. The fourth-order valence-electron chi connectivity index (χ4n) is 1.64. The molecular formula is C11H20N6O2. The number of nitrogen functional groups attached to an aromatic ring is 1. The topological polar surface area (TPSA) is 105 Å². The largest absolute Gasteiger partial charge is 0.490 e. The smallest absolute Gasteiger partial charge is 0.239 e. The van der Waals surface area contributed by atoms with E-state index < -0.39 is 0 Å². The number of amides is 1. The summed E-state index contributed by atoms with van der Waals surface area (Å²) in [4.78, 5) is 21.6. The minimum absolute atomic E-state index is 0.0766. The van der Waals surface area contributed by atoms with E-state index in [9.17, 15) is 4.79 Å². The molecule has 0 aromatic carbocycles. The van der Waals surface area contributed by atoms with Crippen LogP contribution in [0.15, 0.2) is 6.33 Å². The fourth-order valence-corrected chi connectivity index (χ4v) is 1.64. The summed E-state index contributed by atoms with van der Waals surface area (Å²) in [6.07, 6.45) is 1.37. The maximum Gasteiger partial charge on any atom is 0.239 e. The van der Waals surface area contributed by atoms with Crippen LogP contribution >= 0.6 is 0 Å². The second-order valence-electron chi connectivity index (χ2n) is 3.69. The number of methoxy groups -OCH3 is 1. The molecule has 0 bridgehead atoms. The van der Waals surface area contributed by atoms with Crippen molar-refractivity contribution in [3.05, 3.63) is 6.33 Å². The Morgan fingerprint density at radius 1 is 1.47 bits per heavy atom. The fraction of sp³-hybridized carbons (Fsp3) is 0.545. The quantitative estimate of drug-likeness (QED) is 0.462. The first-order valence-corrected chi connectivity index (χ1v) is 6.05. The molecule has 0 aliphatic carbocycles. The van der Waals surface area contributed by atoms with E-state index in [1.807, 2.05) is 13.8 Å². The molecule has 0 fully saturated rings. The number of nitrogens with zero attached hydrogens (tertiary/aromatic N) is 3. The van der Waals surface area contributed by atoms with E-state index in [1.54, 1.807) is 4.90 Å². The molecule has 0 radical (unpaired) electrons. The van der Waals surface area contributed by atoms with E-state index in [4.69, 9.17) is 10.6 Å². The number of hydrazine groups is 1. The number of anilines is 2. The molecule has 8 nitrogen and oxygen atoms in total. The number of ether oxygens (including phenoxy) is 1. The maximum atomic E-state index is 11.7. The van der Waals surface area contributed by atoms with Crippen LogP contribution in [0.1, 0.15) is 13.8 Å². The third kappa shape index (κ3) is 3.68. The number of aromatic nitrogens is 2. The van der Waals surface area contributed by atoms with Gasteiger partial charge in [0.1, 0.15) is 6.33 Å². The van der Waals surface area contributed by atoms with Crippen LogP contribution in [-0.4, -0.2) is 42.6 Å². The van der Waals surface area contributed by atoms with Gasteiger partial charge in [0, 0.05) is 13.1 Å². The first-order chi connectivity index (χ1) is 9.17. The molecule has 1 aromatic heterocycles. The van der Waals surface area contributed by atoms with Gasteiger partial charge in [-0.1, -0.05) is 0 Å². The number of nitrogens with two attached hydrogens (primary N) is 1. The molecule has 0 atom stereocenters. The zero-order valence-electron chi connectivity index (χ0n) is 11.4. The Hall–Kier alpha value is -2.09. The number of rotatable bonds is 7. The van der Waals surface area contributed by atoms with E-state index in [1.165, 1.54) is 13.4 Å². The van der Waals surface area contributed by atoms with E-state index in [2.05, 4.69) is 20.7 Å². The van der Waals surface area contributed by atoms with Crippen molar-refractivity contribution in [2.75, 3.05) is 37.1 Å². The van der Waals surface area contributed by atoms with E-state index >= 15 is 0 Å². The minimum Gasteiger partial charge on any atom is -0.490 e. The Morgan fingerprint density at radius 3 is 2.74 bits per heavy atom. The minimum atomic E-state index is -0.0766. The van der Waals surface area contributed by atoms with Gasteiger partial charge < -0.3 is 20.4 Å². The lowest BCUT2D eigenvalue weighted by Gasteiger charge is -2.23. The molecular weight excluding hydrogens is 248 g/mol. The van der Waals surface area contributed by atoms with Crippen LogP contribution in [0.2, 0.25) is 0 Å². The second kappa shape index (κ2) is 7.37. The van der Waals surface area contributed by atoms with E-state index in [0.717, 1.165) is 0 Å². The first-order valence-electron chi connectivity index (χ1n) is 6.05. The predicted octanol–water partition coefficient (Wildman–Crippen LogP) is -0.267. The highest BCUT2D eigenvalue weighted by Crippen LogP contribution is 2.30. The molecule has 1 amide bonds. The highest BCUT2D eigenvalue weighted by atomic mass is 16.5. The second-order valence-corrected chi connectivity index (χ2v) is 3.69. The molecule has 0 aliphatic heterocycles. The summed E-state index contributed by atoms with van der Waals surface area (Å²) < 4.78 is 5.25. The van der Waals surface area contributed by atoms with Crippen LogP contribution in [0.3, 0.4) is 0 Å². The van der Waals surface area contributed by atoms with Gasteiger partial charge in [-0.15, -0.1) is 0 Å². The van der Waals surface area contributed by atoms with Crippen molar-refractivity contribution in [1.82, 2.24) is 15.3 Å². The highest BCUT2D eigenvalue weighted by molar-refractivity contribution is 5.82. The number of hydrogen-bond donors (Lipinski definition) is 3. The van der Waals surface area contributed by atoms with Gasteiger partial charge in [0.05, 0.1) is 13.7 Å². The molecule has 1 heterocycles. The average Bonchev–Trinajstić information content (AvgIpc) is 2.44. The predicted molar refractivity (Wildman–Crippen MR) is 73.0 cm³/mol. The number of carbonyl (C=O) groups excluding carboxylic acids is 1. The van der Waals surface area contributed by atoms with Crippen LogP contribution in [0, 0.1) is 0 Å². The first kappa shape index (κ1) is 15.0. The van der Waals surface area contributed by atoms with Crippen molar-refractivity contribution in [2.24, 2.45) is 5.84 Å². The molecule has 0 spiro atoms. The summed E-state index contributed by atoms with van der Waals surface area (Å²) in [6.45, 7) is 5.19. The van der Waals surface area contributed by atoms with Gasteiger partial charge in [-0.05, 0) is 13.8 Å². The summed E-state index contributed by atoms with van der Waals surface area (Å²) in [5.74, 6) is 6.61. The Kier molecular flexibility index (Phi) is 5.80. The molecule has 1 aromatic rings. The van der Waals surface area contributed by atoms with Crippen molar-refractivity contribution in [3.8, 4) is 5.75 Å². The summed E-state index contributed by atoms with van der Waals surface area (Å²) in [5.41, 5.74) is 2.44. The third-order valence-corrected chi connectivity index (χ3v) is 2.52. The molecule has 1 rings (SSSR count). The molecule has 0 saturated carbocycles. The zero-order chi connectivity index (χ0) is 14.3. The summed E-state index contributed by atoms with van der Waals surface area (Å²) >= 11 is 0. The van der Waals surface area contributed by atoms with Gasteiger partial charge in [-0.2, -0.15) is 0 Å². The van der Waals surface area contributed by atoms with Gasteiger partial charge in [0.2, 0.25) is 11.7 Å². The number of nitrogens with one attached hydrogen (secondary N) is 2. The van der Waals surface area contributed by atoms with Crippen LogP contribution in [0.25, 0.3) is 0 Å². The van der Waals surface area contributed by atoms with Gasteiger partial charge >= 0.3 is 0 Å². The van der Waals surface area contributed by atoms with Crippen molar-refractivity contribution in [2.45, 2.75) is 13.8 Å². The van der Waals surface area contributed by atoms with Crippen molar-refractivity contribution in [3.63, 3.8) is 0 Å². The molecule has 0 aliphatic rings. The Morgan fingerprint density at radius 2 is 2.21 bits per heavy atom. The average molecular weight is 268 g/mol. The Labute approximate surface area is 112 Å². The van der Waals surface area contributed by atoms with Gasteiger partial charge in [-0.3, -0.25) is 4.79 Å². The molecule has 8 heteroatoms. The van der Waals surface area contributed by atoms with E-state index in [0.29, 0.717) is 30.5 Å². The molecule has 0 unspecified atom stereocenters. The van der Waals surface area contributed by atoms with Crippen molar-refractivity contribution < 1.29 is 9.53 Å². The summed E-state index contributed by atoms with van der Waals surface area (Å²) in [6, 6.07) is 0. The summed E-state index contributed by atoms with van der Waals surface area (Å²) in [5, 5.41) is 2.74. The monoisotopic (exact) mass is 268 g/mol. The third-order valence-electron chi connectivity index (χ3n) is 2.52. The van der Waals surface area contributed by atoms with Gasteiger partial charge in [-0.25, -0.2) is 15.8 Å². The van der Waals surface area contributed by atoms with Gasteiger partial charge in [0.25, 0.3) is 0 Å². The maximum absolute atomic E-state index is 11.7. The number of carbonyl (C=O) groups is 1. The molecule has 4 N–H and O–H groups in total. The van der Waals surface area contributed by atoms with Crippen LogP contribution in [-0.2, 0) is 4.79 Å². The highest BCUT2D eigenvalue weighted by Gasteiger charge is 2.18. The molecule has 106 valence electrons. The van der Waals surface area contributed by atoms with Crippen LogP contribution in [0.5, 0.6) is 5.75 Å². The van der Waals surface area contributed by atoms with E-state index in [-0.39, 0.29) is 12.5 Å². The van der Waals surface area contributed by atoms with Crippen molar-refractivity contribution >= 4 is 17.5 Å². The van der Waals surface area contributed by atoms with Crippen molar-refractivity contribution in [1.29, 1.82) is 0 Å². The summed E-state index contributed by atoms with van der Waals surface area (Å²) in [7, 11) is 1.50. The lowest BCUT2D eigenvalue weighted by Crippen LogP contribution is -2.37. The Bertz CT molecular complexity index is 426. The SMILES string of the molecule is CCNC(=O)CN(CC)c1ncnc(NN)c1OC. The lowest BCUT2D eigenvalue weighted by molar-refractivity contribution is -0.119.